The molecule has 7 heteroatoms. The van der Waals surface area contributed by atoms with Crippen molar-refractivity contribution < 1.29 is 8.78 Å². The van der Waals surface area contributed by atoms with Crippen molar-refractivity contribution in [2.24, 2.45) is 5.73 Å². The van der Waals surface area contributed by atoms with Gasteiger partial charge in [-0.3, -0.25) is 4.98 Å². The van der Waals surface area contributed by atoms with Crippen LogP contribution in [0.4, 0.5) is 14.6 Å². The Balaban J connectivity index is 1.93. The highest BCUT2D eigenvalue weighted by Crippen LogP contribution is 2.29. The molecule has 2 aromatic heterocycles. The maximum atomic E-state index is 13.4. The number of nitrogens with zero attached hydrogens (tertiary/aromatic N) is 3. The lowest BCUT2D eigenvalue weighted by atomic mass is 10.2. The van der Waals surface area contributed by atoms with E-state index < -0.39 is 19.0 Å². The molecule has 3 rings (SSSR count). The number of pyridine rings is 1. The summed E-state index contributed by atoms with van der Waals surface area (Å²) in [6, 6.07) is 3.60. The summed E-state index contributed by atoms with van der Waals surface area (Å²) in [5.74, 6) is -1.93. The van der Waals surface area contributed by atoms with Crippen molar-refractivity contribution in [3.63, 3.8) is 0 Å². The minimum absolute atomic E-state index is 0.488. The predicted molar refractivity (Wildman–Crippen MR) is 79.8 cm³/mol. The fraction of sp³-hybridized carbons (Fsp3) is 0.400. The Morgan fingerprint density at radius 3 is 2.68 bits per heavy atom. The lowest BCUT2D eigenvalue weighted by Crippen LogP contribution is -2.35. The van der Waals surface area contributed by atoms with Crippen LogP contribution in [0.25, 0.3) is 11.4 Å². The van der Waals surface area contributed by atoms with Crippen molar-refractivity contribution in [2.45, 2.75) is 25.2 Å². The number of anilines is 1. The largest absolute Gasteiger partial charge is 0.364 e. The molecule has 0 fully saturated rings. The van der Waals surface area contributed by atoms with Gasteiger partial charge in [0.15, 0.2) is 5.82 Å². The highest BCUT2D eigenvalue weighted by atomic mass is 19.3. The van der Waals surface area contributed by atoms with Gasteiger partial charge in [0.1, 0.15) is 5.82 Å². The second-order valence-corrected chi connectivity index (χ2v) is 5.32. The van der Waals surface area contributed by atoms with E-state index in [0.717, 1.165) is 36.1 Å². The second kappa shape index (κ2) is 5.92. The van der Waals surface area contributed by atoms with Crippen LogP contribution in [0.1, 0.15) is 17.7 Å². The molecule has 0 saturated heterocycles. The number of halogens is 2. The molecule has 0 aromatic carbocycles. The molecule has 2 aromatic rings. The Labute approximate surface area is 127 Å². The molecule has 1 aliphatic carbocycles. The first-order valence-corrected chi connectivity index (χ1v) is 7.21. The van der Waals surface area contributed by atoms with Crippen LogP contribution in [0.15, 0.2) is 24.5 Å². The van der Waals surface area contributed by atoms with Gasteiger partial charge < -0.3 is 11.1 Å². The molecule has 0 atom stereocenters. The van der Waals surface area contributed by atoms with Crippen LogP contribution in [0.5, 0.6) is 0 Å². The molecule has 0 aliphatic heterocycles. The molecule has 0 radical (unpaired) electrons. The molecule has 2 heterocycles. The molecule has 1 aliphatic rings. The van der Waals surface area contributed by atoms with Gasteiger partial charge in [0.05, 0.1) is 13.1 Å². The molecular weight excluding hydrogens is 288 g/mol. The topological polar surface area (TPSA) is 76.7 Å². The lowest BCUT2D eigenvalue weighted by Gasteiger charge is -2.17. The number of nitrogens with two attached hydrogens (primary N) is 1. The first-order valence-electron chi connectivity index (χ1n) is 7.21. The third kappa shape index (κ3) is 3.04. The van der Waals surface area contributed by atoms with Crippen LogP contribution < -0.4 is 11.1 Å². The van der Waals surface area contributed by atoms with E-state index in [1.807, 2.05) is 0 Å². The maximum absolute atomic E-state index is 13.4. The van der Waals surface area contributed by atoms with Gasteiger partial charge in [-0.2, -0.15) is 0 Å². The highest BCUT2D eigenvalue weighted by molar-refractivity contribution is 5.60. The fourth-order valence-corrected chi connectivity index (χ4v) is 2.49. The van der Waals surface area contributed by atoms with E-state index in [1.165, 1.54) is 0 Å². The molecular formula is C15H17F2N5. The summed E-state index contributed by atoms with van der Waals surface area (Å²) in [6.45, 7) is -1.22. The quantitative estimate of drug-likeness (QED) is 0.884. The number of nitrogens with one attached hydrogen (secondary N) is 1. The summed E-state index contributed by atoms with van der Waals surface area (Å²) < 4.78 is 26.7. The Morgan fingerprint density at radius 1 is 1.18 bits per heavy atom. The third-order valence-electron chi connectivity index (χ3n) is 3.68. The van der Waals surface area contributed by atoms with Crippen LogP contribution in [-0.2, 0) is 12.8 Å². The maximum Gasteiger partial charge on any atom is 0.276 e. The van der Waals surface area contributed by atoms with Gasteiger partial charge in [0.25, 0.3) is 5.92 Å². The van der Waals surface area contributed by atoms with Gasteiger partial charge in [0.2, 0.25) is 0 Å². The number of aryl methyl sites for hydroxylation is 1. The van der Waals surface area contributed by atoms with E-state index in [-0.39, 0.29) is 0 Å². The van der Waals surface area contributed by atoms with E-state index in [2.05, 4.69) is 20.3 Å². The van der Waals surface area contributed by atoms with Crippen molar-refractivity contribution in [2.75, 3.05) is 18.4 Å². The molecule has 0 saturated carbocycles. The Bertz CT molecular complexity index is 660. The smallest absolute Gasteiger partial charge is 0.276 e. The Hall–Kier alpha value is -2.15. The van der Waals surface area contributed by atoms with Crippen LogP contribution in [0.2, 0.25) is 0 Å². The van der Waals surface area contributed by atoms with Crippen LogP contribution in [0, 0.1) is 0 Å². The molecule has 0 bridgehead atoms. The van der Waals surface area contributed by atoms with Crippen molar-refractivity contribution in [1.29, 1.82) is 0 Å². The normalized spacial score (nSPS) is 14.0. The number of alkyl halides is 2. The summed E-state index contributed by atoms with van der Waals surface area (Å²) in [4.78, 5) is 12.9. The lowest BCUT2D eigenvalue weighted by molar-refractivity contribution is 0.0253. The highest BCUT2D eigenvalue weighted by Gasteiger charge is 2.28. The zero-order chi connectivity index (χ0) is 15.6. The van der Waals surface area contributed by atoms with E-state index in [4.69, 9.17) is 5.73 Å². The molecule has 116 valence electrons. The van der Waals surface area contributed by atoms with E-state index in [1.54, 1.807) is 24.5 Å². The summed E-state index contributed by atoms with van der Waals surface area (Å²) in [6.07, 6.45) is 5.93. The van der Waals surface area contributed by atoms with Gasteiger partial charge in [-0.1, -0.05) is 0 Å². The predicted octanol–water partition coefficient (Wildman–Crippen LogP) is 2.03. The first-order chi connectivity index (χ1) is 10.6. The molecule has 3 N–H and O–H groups in total. The summed E-state index contributed by atoms with van der Waals surface area (Å²) in [5.41, 5.74) is 7.76. The number of hydrogen-bond donors (Lipinski definition) is 2. The SMILES string of the molecule is NCC(F)(F)CNc1nc(-c2ccncc2)nc2c1CCC2. The molecule has 0 spiro atoms. The molecule has 0 unspecified atom stereocenters. The van der Waals surface area contributed by atoms with Crippen molar-refractivity contribution >= 4 is 5.82 Å². The van der Waals surface area contributed by atoms with Crippen molar-refractivity contribution in [3.05, 3.63) is 35.8 Å². The van der Waals surface area contributed by atoms with Gasteiger partial charge >= 0.3 is 0 Å². The van der Waals surface area contributed by atoms with Crippen molar-refractivity contribution in [3.8, 4) is 11.4 Å². The molecule has 0 amide bonds. The van der Waals surface area contributed by atoms with E-state index in [9.17, 15) is 8.78 Å². The average Bonchev–Trinajstić information content (AvgIpc) is 3.02. The number of hydrogen-bond acceptors (Lipinski definition) is 5. The summed E-state index contributed by atoms with van der Waals surface area (Å²) >= 11 is 0. The van der Waals surface area contributed by atoms with Gasteiger partial charge in [-0.15, -0.1) is 0 Å². The third-order valence-corrected chi connectivity index (χ3v) is 3.68. The molecule has 5 nitrogen and oxygen atoms in total. The Morgan fingerprint density at radius 2 is 1.95 bits per heavy atom. The summed E-state index contributed by atoms with van der Waals surface area (Å²) in [5, 5.41) is 2.75. The standard InChI is InChI=1S/C15H17F2N5/c16-15(17,8-18)9-20-14-11-2-1-3-12(11)21-13(22-14)10-4-6-19-7-5-10/h4-7H,1-3,8-9,18H2,(H,20,21,22). The van der Waals surface area contributed by atoms with Crippen molar-refractivity contribution in [1.82, 2.24) is 15.0 Å². The monoisotopic (exact) mass is 305 g/mol. The van der Waals surface area contributed by atoms with Gasteiger partial charge in [-0.25, -0.2) is 18.7 Å². The second-order valence-electron chi connectivity index (χ2n) is 5.32. The van der Waals surface area contributed by atoms with E-state index >= 15 is 0 Å². The Kier molecular flexibility index (Phi) is 3.98. The average molecular weight is 305 g/mol. The van der Waals surface area contributed by atoms with Crippen LogP contribution in [-0.4, -0.2) is 34.0 Å². The van der Waals surface area contributed by atoms with E-state index in [0.29, 0.717) is 11.6 Å². The van der Waals surface area contributed by atoms with Gasteiger partial charge in [-0.05, 0) is 31.4 Å². The zero-order valence-electron chi connectivity index (χ0n) is 12.0. The number of aromatic nitrogens is 3. The molecule has 22 heavy (non-hydrogen) atoms. The minimum atomic E-state index is -2.95. The first kappa shape index (κ1) is 14.8. The van der Waals surface area contributed by atoms with Gasteiger partial charge in [0, 0.05) is 29.2 Å². The number of rotatable bonds is 5. The zero-order valence-corrected chi connectivity index (χ0v) is 12.0. The summed E-state index contributed by atoms with van der Waals surface area (Å²) in [7, 11) is 0. The fourth-order valence-electron chi connectivity index (χ4n) is 2.49. The van der Waals surface area contributed by atoms with Crippen LogP contribution >= 0.6 is 0 Å². The van der Waals surface area contributed by atoms with Crippen LogP contribution in [0.3, 0.4) is 0 Å². The minimum Gasteiger partial charge on any atom is -0.364 e. The number of fused-ring (bicyclic) bond motifs is 1.